The molecule has 0 bridgehead atoms. The van der Waals surface area contributed by atoms with Crippen LogP contribution in [0.2, 0.25) is 0 Å². The van der Waals surface area contributed by atoms with Gasteiger partial charge in [-0.15, -0.1) is 6.58 Å². The fourth-order valence-electron chi connectivity index (χ4n) is 0.485. The van der Waals surface area contributed by atoms with Gasteiger partial charge >= 0.3 is 15.5 Å². The van der Waals surface area contributed by atoms with E-state index >= 15 is 0 Å². The van der Waals surface area contributed by atoms with E-state index < -0.39 is 15.5 Å². The Morgan fingerprint density at radius 3 is 2.69 bits per heavy atom. The Balaban J connectivity index is 3.89. The van der Waals surface area contributed by atoms with E-state index in [2.05, 4.69) is 13.2 Å². The van der Waals surface area contributed by atoms with E-state index in [0.29, 0.717) is 22.7 Å². The lowest BCUT2D eigenvalue weighted by Crippen LogP contribution is -2.29. The summed E-state index contributed by atoms with van der Waals surface area (Å²) in [4.78, 5) is 11.0. The van der Waals surface area contributed by atoms with Gasteiger partial charge in [0, 0.05) is 5.57 Å². The monoisotopic (exact) mass is 218 g/mol. The van der Waals surface area contributed by atoms with Crippen molar-refractivity contribution < 1.29 is 17.8 Å². The first-order valence-corrected chi connectivity index (χ1v) is 5.96. The van der Waals surface area contributed by atoms with Crippen molar-refractivity contribution in [1.82, 2.24) is 0 Å². The van der Waals surface area contributed by atoms with Crippen molar-refractivity contribution in [2.24, 2.45) is 0 Å². The third-order valence-corrected chi connectivity index (χ3v) is 3.51. The maximum Gasteiger partial charge on any atom is 0.540 e. The van der Waals surface area contributed by atoms with Gasteiger partial charge in [-0.2, -0.15) is 0 Å². The summed E-state index contributed by atoms with van der Waals surface area (Å²) in [6, 6.07) is 0. The van der Waals surface area contributed by atoms with Crippen LogP contribution >= 0.6 is 0 Å². The molecule has 0 saturated carbocycles. The zero-order valence-corrected chi connectivity index (χ0v) is 11.1. The van der Waals surface area contributed by atoms with Crippen LogP contribution in [-0.4, -0.2) is 32.6 Å². The van der Waals surface area contributed by atoms with Gasteiger partial charge in [-0.05, 0) is 6.92 Å². The molecule has 0 aromatic rings. The third kappa shape index (κ3) is 5.53. The molecular weight excluding hydrogens is 204 g/mol. The summed E-state index contributed by atoms with van der Waals surface area (Å²) in [7, 11) is -1.78. The molecule has 0 saturated heterocycles. The van der Waals surface area contributed by atoms with Gasteiger partial charge in [0.15, 0.2) is 0 Å². The molecule has 0 aliphatic rings. The maximum atomic E-state index is 11.0. The molecule has 0 aliphatic heterocycles. The summed E-state index contributed by atoms with van der Waals surface area (Å²) >= 11 is 0. The van der Waals surface area contributed by atoms with E-state index in [1.54, 1.807) is 13.0 Å². The Bertz CT molecular complexity index is 205. The van der Waals surface area contributed by atoms with Crippen molar-refractivity contribution in [3.63, 3.8) is 0 Å². The van der Waals surface area contributed by atoms with E-state index in [9.17, 15) is 4.79 Å². The second-order valence-corrected chi connectivity index (χ2v) is 5.36. The van der Waals surface area contributed by atoms with Crippen LogP contribution in [0.1, 0.15) is 6.92 Å². The molecule has 0 amide bonds. The van der Waals surface area contributed by atoms with Crippen LogP contribution in [0.4, 0.5) is 0 Å². The van der Waals surface area contributed by atoms with Gasteiger partial charge in [-0.3, -0.25) is 0 Å². The predicted octanol–water partition coefficient (Wildman–Crippen LogP) is -0.678. The van der Waals surface area contributed by atoms with Crippen molar-refractivity contribution in [2.45, 2.75) is 6.92 Å². The first-order valence-electron chi connectivity index (χ1n) is 3.73. The Morgan fingerprint density at radius 2 is 2.31 bits per heavy atom. The quantitative estimate of drug-likeness (QED) is 0.337. The molecule has 1 unspecified atom stereocenters. The van der Waals surface area contributed by atoms with Crippen LogP contribution in [0.5, 0.6) is 0 Å². The molecule has 0 radical (unpaired) electrons. The van der Waals surface area contributed by atoms with Crippen molar-refractivity contribution in [3.8, 4) is 0 Å². The second-order valence-electron chi connectivity index (χ2n) is 2.33. The standard InChI is InChI=1S/C7H14O4Si2/c1-4-5-9-13(11-12)10-7(8)6(2)3/h4,13H,1-2,5H2,3,12H3. The molecule has 1 atom stereocenters. The molecule has 0 aromatic carbocycles. The molecule has 0 rings (SSSR count). The predicted molar refractivity (Wildman–Crippen MR) is 55.2 cm³/mol. The molecule has 74 valence electrons. The highest BCUT2D eigenvalue weighted by atomic mass is 28.4. The van der Waals surface area contributed by atoms with Crippen molar-refractivity contribution in [2.75, 3.05) is 6.61 Å². The molecule has 0 aliphatic carbocycles. The zero-order chi connectivity index (χ0) is 10.3. The van der Waals surface area contributed by atoms with Crippen molar-refractivity contribution in [1.29, 1.82) is 0 Å². The number of carbonyl (C=O) groups is 1. The highest BCUT2D eigenvalue weighted by Gasteiger charge is 2.17. The number of hydrogen-bond acceptors (Lipinski definition) is 4. The third-order valence-electron chi connectivity index (χ3n) is 1.09. The smallest absolute Gasteiger partial charge is 0.473 e. The van der Waals surface area contributed by atoms with Gasteiger partial charge in [-0.1, -0.05) is 12.7 Å². The first kappa shape index (κ1) is 12.3. The Labute approximate surface area is 82.7 Å². The van der Waals surface area contributed by atoms with Crippen molar-refractivity contribution >= 4 is 26.0 Å². The summed E-state index contributed by atoms with van der Waals surface area (Å²) < 4.78 is 15.0. The summed E-state index contributed by atoms with van der Waals surface area (Å²) in [5.74, 6) is -0.462. The van der Waals surface area contributed by atoms with Crippen LogP contribution in [-0.2, 0) is 17.8 Å². The van der Waals surface area contributed by atoms with Gasteiger partial charge in [0.2, 0.25) is 0 Å². The summed E-state index contributed by atoms with van der Waals surface area (Å²) in [5, 5.41) is 0. The lowest BCUT2D eigenvalue weighted by atomic mass is 10.4. The molecule has 0 heterocycles. The number of rotatable bonds is 6. The van der Waals surface area contributed by atoms with Crippen molar-refractivity contribution in [3.05, 3.63) is 24.8 Å². The summed E-state index contributed by atoms with van der Waals surface area (Å²) in [5.41, 5.74) is 0.346. The highest BCUT2D eigenvalue weighted by Crippen LogP contribution is 1.97. The minimum Gasteiger partial charge on any atom is -0.473 e. The largest absolute Gasteiger partial charge is 0.540 e. The highest BCUT2D eigenvalue weighted by molar-refractivity contribution is 6.44. The van der Waals surface area contributed by atoms with Crippen LogP contribution in [0.25, 0.3) is 0 Å². The Kier molecular flexibility index (Phi) is 6.42. The van der Waals surface area contributed by atoms with Crippen LogP contribution < -0.4 is 0 Å². The minimum atomic E-state index is -2.26. The second kappa shape index (κ2) is 6.78. The lowest BCUT2D eigenvalue weighted by Gasteiger charge is -2.13. The average molecular weight is 218 g/mol. The Morgan fingerprint density at radius 1 is 1.69 bits per heavy atom. The zero-order valence-electron chi connectivity index (χ0n) is 7.91. The molecule has 0 aromatic heterocycles. The van der Waals surface area contributed by atoms with E-state index in [4.69, 9.17) is 13.0 Å². The van der Waals surface area contributed by atoms with Gasteiger partial charge in [0.1, 0.15) is 10.5 Å². The van der Waals surface area contributed by atoms with Gasteiger partial charge in [-0.25, -0.2) is 4.79 Å². The van der Waals surface area contributed by atoms with Crippen LogP contribution in [0, 0.1) is 0 Å². The summed E-state index contributed by atoms with van der Waals surface area (Å²) in [6.45, 7) is 8.84. The van der Waals surface area contributed by atoms with E-state index in [1.807, 2.05) is 0 Å². The molecule has 13 heavy (non-hydrogen) atoms. The van der Waals surface area contributed by atoms with Crippen LogP contribution in [0.15, 0.2) is 24.8 Å². The van der Waals surface area contributed by atoms with Crippen LogP contribution in [0.3, 0.4) is 0 Å². The van der Waals surface area contributed by atoms with Gasteiger partial charge in [0.25, 0.3) is 0 Å². The van der Waals surface area contributed by atoms with E-state index in [0.717, 1.165) is 0 Å². The fourth-order valence-corrected chi connectivity index (χ4v) is 2.15. The average Bonchev–Trinajstić information content (AvgIpc) is 2.11. The minimum absolute atomic E-state index is 0.336. The molecule has 0 N–H and O–H groups in total. The topological polar surface area (TPSA) is 44.8 Å². The maximum absolute atomic E-state index is 11.0. The van der Waals surface area contributed by atoms with Gasteiger partial charge in [0.05, 0.1) is 6.61 Å². The van der Waals surface area contributed by atoms with Gasteiger partial charge < -0.3 is 13.0 Å². The molecule has 0 spiro atoms. The normalized spacial score (nSPS) is 12.1. The Hall–Kier alpha value is -0.696. The van der Waals surface area contributed by atoms with E-state index in [-0.39, 0.29) is 0 Å². The molecular formula is C7H14O4Si2. The molecule has 4 nitrogen and oxygen atoms in total. The molecule has 0 fully saturated rings. The fraction of sp³-hybridized carbons (Fsp3) is 0.286. The van der Waals surface area contributed by atoms with E-state index in [1.165, 1.54) is 0 Å². The first-order chi connectivity index (χ1) is 6.11. The summed E-state index contributed by atoms with van der Waals surface area (Å²) in [6.07, 6.45) is 1.58. The molecule has 6 heteroatoms. The number of hydrogen-bond donors (Lipinski definition) is 0. The number of carbonyl (C=O) groups excluding carboxylic acids is 1. The lowest BCUT2D eigenvalue weighted by molar-refractivity contribution is -0.132. The SMILES string of the molecule is C=CCO[SiH](O[SiH3])OC(=O)C(=C)C.